The molecule has 2 N–H and O–H groups in total. The largest absolute Gasteiger partial charge is 0.370 e. The van der Waals surface area contributed by atoms with E-state index in [0.717, 1.165) is 30.9 Å². The van der Waals surface area contributed by atoms with Crippen molar-refractivity contribution < 1.29 is 9.53 Å². The van der Waals surface area contributed by atoms with Crippen LogP contribution in [0.3, 0.4) is 0 Å². The standard InChI is InChI=1S/C18H30N6O2.HI/c1-19-18(20-11-17(25)22-15-6-4-3-5-7-15)24-8-9-26-16(13-24)14-10-21-23(2)12-14;/h10,12,15-16H,3-9,11,13H2,1-2H3,(H,19,20)(H,22,25);1H. The maximum Gasteiger partial charge on any atom is 0.239 e. The van der Waals surface area contributed by atoms with E-state index < -0.39 is 0 Å². The molecule has 0 aromatic carbocycles. The molecule has 1 unspecified atom stereocenters. The van der Waals surface area contributed by atoms with Gasteiger partial charge in [0.15, 0.2) is 5.96 Å². The van der Waals surface area contributed by atoms with E-state index in [9.17, 15) is 4.79 Å². The van der Waals surface area contributed by atoms with E-state index in [2.05, 4.69) is 25.6 Å². The van der Waals surface area contributed by atoms with Crippen LogP contribution in [-0.2, 0) is 16.6 Å². The number of nitrogens with zero attached hydrogens (tertiary/aromatic N) is 4. The molecule has 27 heavy (non-hydrogen) atoms. The van der Waals surface area contributed by atoms with E-state index in [0.29, 0.717) is 19.2 Å². The van der Waals surface area contributed by atoms with Gasteiger partial charge in [0.25, 0.3) is 0 Å². The number of nitrogens with one attached hydrogen (secondary N) is 2. The van der Waals surface area contributed by atoms with Gasteiger partial charge in [-0.1, -0.05) is 19.3 Å². The van der Waals surface area contributed by atoms with Crippen LogP contribution in [0.15, 0.2) is 17.4 Å². The van der Waals surface area contributed by atoms with Crippen LogP contribution in [0.2, 0.25) is 0 Å². The quantitative estimate of drug-likeness (QED) is 0.379. The molecular weight excluding hydrogens is 459 g/mol. The van der Waals surface area contributed by atoms with Crippen LogP contribution >= 0.6 is 24.0 Å². The summed E-state index contributed by atoms with van der Waals surface area (Å²) in [7, 11) is 3.64. The average molecular weight is 490 g/mol. The Morgan fingerprint density at radius 1 is 1.37 bits per heavy atom. The van der Waals surface area contributed by atoms with Crippen LogP contribution in [0.4, 0.5) is 0 Å². The van der Waals surface area contributed by atoms with E-state index in [1.54, 1.807) is 11.7 Å². The Morgan fingerprint density at radius 3 is 2.81 bits per heavy atom. The Labute approximate surface area is 178 Å². The third kappa shape index (κ3) is 6.34. The third-order valence-electron chi connectivity index (χ3n) is 5.05. The molecule has 2 fully saturated rings. The number of aliphatic imine (C=N–C) groups is 1. The van der Waals surface area contributed by atoms with Crippen molar-refractivity contribution in [3.63, 3.8) is 0 Å². The summed E-state index contributed by atoms with van der Waals surface area (Å²) in [5, 5.41) is 10.5. The van der Waals surface area contributed by atoms with E-state index in [-0.39, 0.29) is 42.5 Å². The zero-order chi connectivity index (χ0) is 18.4. The molecule has 3 rings (SSSR count). The molecule has 1 aliphatic carbocycles. The number of hydrogen-bond acceptors (Lipinski definition) is 4. The fraction of sp³-hybridized carbons (Fsp3) is 0.722. The summed E-state index contributed by atoms with van der Waals surface area (Å²) in [5.41, 5.74) is 1.06. The topological polar surface area (TPSA) is 83.8 Å². The molecule has 1 atom stereocenters. The number of aryl methyl sites for hydroxylation is 1. The SMILES string of the molecule is CN=C(NCC(=O)NC1CCCCC1)N1CCOC(c2cnn(C)c2)C1.I. The van der Waals surface area contributed by atoms with Gasteiger partial charge < -0.3 is 20.3 Å². The first-order valence-corrected chi connectivity index (χ1v) is 9.51. The minimum absolute atomic E-state index is 0. The lowest BCUT2D eigenvalue weighted by Crippen LogP contribution is -2.51. The predicted molar refractivity (Wildman–Crippen MR) is 115 cm³/mol. The van der Waals surface area contributed by atoms with Gasteiger partial charge >= 0.3 is 0 Å². The summed E-state index contributed by atoms with van der Waals surface area (Å²) in [6.45, 7) is 2.31. The van der Waals surface area contributed by atoms with Crippen molar-refractivity contribution in [3.8, 4) is 0 Å². The van der Waals surface area contributed by atoms with Gasteiger partial charge in [-0.05, 0) is 12.8 Å². The van der Waals surface area contributed by atoms with E-state index in [4.69, 9.17) is 4.74 Å². The van der Waals surface area contributed by atoms with Crippen LogP contribution < -0.4 is 10.6 Å². The molecule has 1 saturated carbocycles. The maximum atomic E-state index is 12.2. The summed E-state index contributed by atoms with van der Waals surface area (Å²) in [6, 6.07) is 0.332. The lowest BCUT2D eigenvalue weighted by molar-refractivity contribution is -0.120. The molecule has 2 aliphatic rings. The fourth-order valence-corrected chi connectivity index (χ4v) is 3.67. The van der Waals surface area contributed by atoms with Crippen molar-refractivity contribution in [1.29, 1.82) is 0 Å². The number of carbonyl (C=O) groups excluding carboxylic acids is 1. The fourth-order valence-electron chi connectivity index (χ4n) is 3.67. The van der Waals surface area contributed by atoms with Gasteiger partial charge in [-0.25, -0.2) is 0 Å². The second-order valence-corrected chi connectivity index (χ2v) is 7.06. The highest BCUT2D eigenvalue weighted by Gasteiger charge is 2.25. The van der Waals surface area contributed by atoms with Crippen molar-refractivity contribution >= 4 is 35.8 Å². The number of rotatable bonds is 4. The number of ether oxygens (including phenoxy) is 1. The number of carbonyl (C=O) groups is 1. The second kappa shape index (κ2) is 10.8. The zero-order valence-electron chi connectivity index (χ0n) is 16.2. The van der Waals surface area contributed by atoms with Gasteiger partial charge in [-0.15, -0.1) is 24.0 Å². The summed E-state index contributed by atoms with van der Waals surface area (Å²) < 4.78 is 7.65. The lowest BCUT2D eigenvalue weighted by atomic mass is 9.95. The monoisotopic (exact) mass is 490 g/mol. The van der Waals surface area contributed by atoms with E-state index >= 15 is 0 Å². The van der Waals surface area contributed by atoms with Gasteiger partial charge in [0.05, 0.1) is 25.9 Å². The molecule has 8 nitrogen and oxygen atoms in total. The molecule has 0 bridgehead atoms. The molecule has 1 saturated heterocycles. The minimum atomic E-state index is -0.0351. The van der Waals surface area contributed by atoms with Crippen LogP contribution in [0, 0.1) is 0 Å². The zero-order valence-corrected chi connectivity index (χ0v) is 18.5. The third-order valence-corrected chi connectivity index (χ3v) is 5.05. The number of halogens is 1. The Balaban J connectivity index is 0.00000261. The molecule has 2 heterocycles. The Kier molecular flexibility index (Phi) is 8.81. The Hall–Kier alpha value is -1.36. The van der Waals surface area contributed by atoms with Crippen LogP contribution in [0.25, 0.3) is 0 Å². The summed E-state index contributed by atoms with van der Waals surface area (Å²) >= 11 is 0. The first-order valence-electron chi connectivity index (χ1n) is 9.51. The van der Waals surface area contributed by atoms with Gasteiger partial charge in [-0.2, -0.15) is 5.10 Å². The van der Waals surface area contributed by atoms with Crippen molar-refractivity contribution in [3.05, 3.63) is 18.0 Å². The van der Waals surface area contributed by atoms with Gasteiger partial charge in [0.2, 0.25) is 5.91 Å². The number of amides is 1. The highest BCUT2D eigenvalue weighted by molar-refractivity contribution is 14.0. The first kappa shape index (κ1) is 21.9. The second-order valence-electron chi connectivity index (χ2n) is 7.06. The number of aromatic nitrogens is 2. The van der Waals surface area contributed by atoms with Crippen molar-refractivity contribution in [2.75, 3.05) is 33.3 Å². The Morgan fingerprint density at radius 2 is 2.15 bits per heavy atom. The smallest absolute Gasteiger partial charge is 0.239 e. The normalized spacial score (nSPS) is 21.5. The van der Waals surface area contributed by atoms with E-state index in [1.165, 1.54) is 19.3 Å². The average Bonchev–Trinajstić information content (AvgIpc) is 3.10. The van der Waals surface area contributed by atoms with Gasteiger partial charge in [0, 0.05) is 38.4 Å². The molecular formula is C18H31IN6O2. The molecule has 0 spiro atoms. The Bertz CT molecular complexity index is 629. The summed E-state index contributed by atoms with van der Waals surface area (Å²) in [6.07, 6.45) is 9.67. The lowest BCUT2D eigenvalue weighted by Gasteiger charge is -2.34. The molecule has 152 valence electrons. The van der Waals surface area contributed by atoms with Crippen molar-refractivity contribution in [2.24, 2.45) is 12.0 Å². The predicted octanol–water partition coefficient (Wildman–Crippen LogP) is 1.44. The highest BCUT2D eigenvalue weighted by Crippen LogP contribution is 2.21. The molecule has 1 aliphatic heterocycles. The highest BCUT2D eigenvalue weighted by atomic mass is 127. The summed E-state index contributed by atoms with van der Waals surface area (Å²) in [5.74, 6) is 0.774. The van der Waals surface area contributed by atoms with E-state index in [1.807, 2.05) is 19.4 Å². The first-order chi connectivity index (χ1) is 12.7. The van der Waals surface area contributed by atoms with Gasteiger partial charge in [0.1, 0.15) is 6.10 Å². The molecule has 0 radical (unpaired) electrons. The number of morpholine rings is 1. The number of guanidine groups is 1. The minimum Gasteiger partial charge on any atom is -0.370 e. The number of hydrogen-bond donors (Lipinski definition) is 2. The molecule has 1 aromatic rings. The summed E-state index contributed by atoms with van der Waals surface area (Å²) in [4.78, 5) is 18.7. The maximum absolute atomic E-state index is 12.2. The van der Waals surface area contributed by atoms with Crippen LogP contribution in [0.1, 0.15) is 43.8 Å². The van der Waals surface area contributed by atoms with Crippen molar-refractivity contribution in [1.82, 2.24) is 25.3 Å². The van der Waals surface area contributed by atoms with Crippen LogP contribution in [0.5, 0.6) is 0 Å². The molecule has 9 heteroatoms. The van der Waals surface area contributed by atoms with Crippen molar-refractivity contribution in [2.45, 2.75) is 44.2 Å². The molecule has 1 aromatic heterocycles. The molecule has 1 amide bonds. The van der Waals surface area contributed by atoms with Crippen LogP contribution in [-0.4, -0.2) is 65.9 Å². The van der Waals surface area contributed by atoms with Gasteiger partial charge in [-0.3, -0.25) is 14.5 Å².